The Morgan fingerprint density at radius 1 is 1.39 bits per heavy atom. The van der Waals surface area contributed by atoms with Gasteiger partial charge in [0.15, 0.2) is 0 Å². The van der Waals surface area contributed by atoms with Crippen molar-refractivity contribution in [3.63, 3.8) is 0 Å². The summed E-state index contributed by atoms with van der Waals surface area (Å²) in [4.78, 5) is 17.2. The van der Waals surface area contributed by atoms with Crippen LogP contribution in [0.25, 0.3) is 0 Å². The Balaban J connectivity index is 1.71. The van der Waals surface area contributed by atoms with E-state index in [0.29, 0.717) is 19.0 Å². The van der Waals surface area contributed by atoms with Gasteiger partial charge in [0.05, 0.1) is 12.1 Å². The van der Waals surface area contributed by atoms with E-state index in [-0.39, 0.29) is 11.4 Å². The molecule has 2 amide bonds. The third-order valence-electron chi connectivity index (χ3n) is 4.79. The van der Waals surface area contributed by atoms with Gasteiger partial charge in [-0.15, -0.1) is 11.3 Å². The van der Waals surface area contributed by atoms with Crippen LogP contribution in [0.2, 0.25) is 0 Å². The molecule has 0 atom stereocenters. The molecule has 0 aromatic carbocycles. The van der Waals surface area contributed by atoms with Crippen LogP contribution in [0.5, 0.6) is 0 Å². The van der Waals surface area contributed by atoms with E-state index in [0.717, 1.165) is 35.6 Å². The van der Waals surface area contributed by atoms with Crippen LogP contribution in [-0.2, 0) is 6.54 Å². The van der Waals surface area contributed by atoms with Gasteiger partial charge in [-0.25, -0.2) is 9.78 Å². The largest absolute Gasteiger partial charge is 0.388 e. The molecule has 1 heterocycles. The second-order valence-corrected chi connectivity index (χ2v) is 9.08. The maximum atomic E-state index is 11.9. The number of nitrogens with zero attached hydrogens (tertiary/aromatic N) is 1. The van der Waals surface area contributed by atoms with E-state index in [1.165, 1.54) is 0 Å². The fourth-order valence-corrected chi connectivity index (χ4v) is 3.87. The second-order valence-electron chi connectivity index (χ2n) is 7.77. The Labute approximate surface area is 142 Å². The fourth-order valence-electron chi connectivity index (χ4n) is 3.14. The van der Waals surface area contributed by atoms with Crippen molar-refractivity contribution in [2.45, 2.75) is 65.5 Å². The van der Waals surface area contributed by atoms with Gasteiger partial charge < -0.3 is 15.7 Å². The predicted molar refractivity (Wildman–Crippen MR) is 93.5 cm³/mol. The highest BCUT2D eigenvalue weighted by atomic mass is 32.1. The van der Waals surface area contributed by atoms with Gasteiger partial charge in [0.1, 0.15) is 5.01 Å². The molecule has 5 nitrogen and oxygen atoms in total. The SMILES string of the molecule is Cc1cnc(CNC(=O)NCC2(O)CCC(C(C)(C)C)CC2)s1. The first-order valence-electron chi connectivity index (χ1n) is 8.33. The molecule has 1 aliphatic rings. The molecule has 1 fully saturated rings. The number of amides is 2. The Morgan fingerprint density at radius 3 is 2.57 bits per heavy atom. The van der Waals surface area contributed by atoms with Gasteiger partial charge in [0.25, 0.3) is 0 Å². The van der Waals surface area contributed by atoms with E-state index < -0.39 is 5.60 Å². The second kappa shape index (κ2) is 7.18. The zero-order valence-corrected chi connectivity index (χ0v) is 15.4. The highest BCUT2D eigenvalue weighted by molar-refractivity contribution is 7.11. The normalized spacial score (nSPS) is 25.2. The molecule has 0 spiro atoms. The molecule has 3 N–H and O–H groups in total. The van der Waals surface area contributed by atoms with E-state index >= 15 is 0 Å². The van der Waals surface area contributed by atoms with Crippen molar-refractivity contribution in [1.29, 1.82) is 0 Å². The van der Waals surface area contributed by atoms with E-state index in [4.69, 9.17) is 0 Å². The van der Waals surface area contributed by atoms with Gasteiger partial charge >= 0.3 is 6.03 Å². The molecule has 1 aliphatic carbocycles. The number of carbonyl (C=O) groups excluding carboxylic acids is 1. The first-order chi connectivity index (χ1) is 10.7. The van der Waals surface area contributed by atoms with Crippen molar-refractivity contribution in [3.05, 3.63) is 16.1 Å². The van der Waals surface area contributed by atoms with Crippen LogP contribution in [-0.4, -0.2) is 28.3 Å². The number of aliphatic hydroxyl groups is 1. The molecule has 0 aliphatic heterocycles. The van der Waals surface area contributed by atoms with Crippen molar-refractivity contribution >= 4 is 17.4 Å². The molecule has 0 saturated heterocycles. The number of hydrogen-bond acceptors (Lipinski definition) is 4. The smallest absolute Gasteiger partial charge is 0.315 e. The van der Waals surface area contributed by atoms with Crippen LogP contribution in [0, 0.1) is 18.3 Å². The number of hydrogen-bond donors (Lipinski definition) is 3. The molecule has 1 saturated carbocycles. The highest BCUT2D eigenvalue weighted by Crippen LogP contribution is 2.41. The van der Waals surface area contributed by atoms with Crippen LogP contribution >= 0.6 is 11.3 Å². The van der Waals surface area contributed by atoms with Gasteiger partial charge in [-0.05, 0) is 43.9 Å². The van der Waals surface area contributed by atoms with Crippen molar-refractivity contribution in [2.75, 3.05) is 6.54 Å². The molecule has 0 bridgehead atoms. The van der Waals surface area contributed by atoms with Crippen molar-refractivity contribution in [3.8, 4) is 0 Å². The number of carbonyl (C=O) groups is 1. The van der Waals surface area contributed by atoms with E-state index in [1.807, 2.05) is 6.92 Å². The lowest BCUT2D eigenvalue weighted by molar-refractivity contribution is -0.0218. The summed E-state index contributed by atoms with van der Waals surface area (Å²) in [5.41, 5.74) is -0.477. The van der Waals surface area contributed by atoms with Crippen LogP contribution in [0.3, 0.4) is 0 Å². The minimum atomic E-state index is -0.767. The molecular weight excluding hydrogens is 310 g/mol. The third-order valence-corrected chi connectivity index (χ3v) is 5.70. The summed E-state index contributed by atoms with van der Waals surface area (Å²) in [6, 6.07) is -0.246. The molecule has 0 unspecified atom stereocenters. The molecule has 0 radical (unpaired) electrons. The number of urea groups is 1. The summed E-state index contributed by atoms with van der Waals surface area (Å²) >= 11 is 1.57. The zero-order valence-electron chi connectivity index (χ0n) is 14.6. The number of aryl methyl sites for hydroxylation is 1. The monoisotopic (exact) mass is 339 g/mol. The molecule has 130 valence electrons. The Bertz CT molecular complexity index is 528. The number of rotatable bonds is 4. The highest BCUT2D eigenvalue weighted by Gasteiger charge is 2.37. The summed E-state index contributed by atoms with van der Waals surface area (Å²) in [5.74, 6) is 0.643. The number of nitrogens with one attached hydrogen (secondary N) is 2. The van der Waals surface area contributed by atoms with Gasteiger partial charge in [-0.1, -0.05) is 20.8 Å². The lowest BCUT2D eigenvalue weighted by Gasteiger charge is -2.41. The summed E-state index contributed by atoms with van der Waals surface area (Å²) in [5, 5.41) is 17.1. The Morgan fingerprint density at radius 2 is 2.04 bits per heavy atom. The molecule has 2 rings (SSSR count). The van der Waals surface area contributed by atoms with Crippen LogP contribution in [0.15, 0.2) is 6.20 Å². The first kappa shape index (κ1) is 18.2. The quantitative estimate of drug-likeness (QED) is 0.788. The van der Waals surface area contributed by atoms with Gasteiger partial charge in [-0.2, -0.15) is 0 Å². The standard InChI is InChI=1S/C17H29N3O2S/c1-12-9-18-14(23-12)10-19-15(21)20-11-17(22)7-5-13(6-8-17)16(2,3)4/h9,13,22H,5-8,10-11H2,1-4H3,(H2,19,20,21). The van der Waals surface area contributed by atoms with E-state index in [9.17, 15) is 9.90 Å². The topological polar surface area (TPSA) is 74.2 Å². The molecule has 1 aromatic heterocycles. The summed E-state index contributed by atoms with van der Waals surface area (Å²) < 4.78 is 0. The van der Waals surface area contributed by atoms with E-state index in [2.05, 4.69) is 36.4 Å². The average molecular weight is 340 g/mol. The van der Waals surface area contributed by atoms with Gasteiger partial charge in [0, 0.05) is 17.6 Å². The first-order valence-corrected chi connectivity index (χ1v) is 9.15. The third kappa shape index (κ3) is 5.46. The van der Waals surface area contributed by atoms with Gasteiger partial charge in [0.2, 0.25) is 0 Å². The van der Waals surface area contributed by atoms with Crippen LogP contribution in [0.4, 0.5) is 4.79 Å². The van der Waals surface area contributed by atoms with Gasteiger partial charge in [-0.3, -0.25) is 0 Å². The van der Waals surface area contributed by atoms with Crippen LogP contribution < -0.4 is 10.6 Å². The minimum absolute atomic E-state index is 0.246. The molecule has 6 heteroatoms. The summed E-state index contributed by atoms with van der Waals surface area (Å²) in [7, 11) is 0. The zero-order chi connectivity index (χ0) is 17.1. The predicted octanol–water partition coefficient (Wildman–Crippen LogP) is 3.22. The number of thiazole rings is 1. The fraction of sp³-hybridized carbons (Fsp3) is 0.765. The lowest BCUT2D eigenvalue weighted by atomic mass is 9.68. The van der Waals surface area contributed by atoms with Crippen molar-refractivity contribution in [2.24, 2.45) is 11.3 Å². The minimum Gasteiger partial charge on any atom is -0.388 e. The average Bonchev–Trinajstić information content (AvgIpc) is 2.88. The maximum absolute atomic E-state index is 11.9. The molecule has 1 aromatic rings. The Hall–Kier alpha value is -1.14. The lowest BCUT2D eigenvalue weighted by Crippen LogP contribution is -2.48. The van der Waals surface area contributed by atoms with E-state index in [1.54, 1.807) is 17.5 Å². The number of aromatic nitrogens is 1. The maximum Gasteiger partial charge on any atom is 0.315 e. The summed E-state index contributed by atoms with van der Waals surface area (Å²) in [6.07, 6.45) is 5.33. The van der Waals surface area contributed by atoms with Crippen molar-refractivity contribution < 1.29 is 9.90 Å². The Kier molecular flexibility index (Phi) is 5.68. The van der Waals surface area contributed by atoms with Crippen LogP contribution in [0.1, 0.15) is 56.3 Å². The summed E-state index contributed by atoms with van der Waals surface area (Å²) in [6.45, 7) is 9.50. The molecular formula is C17H29N3O2S. The van der Waals surface area contributed by atoms with Crippen molar-refractivity contribution in [1.82, 2.24) is 15.6 Å². The molecule has 23 heavy (non-hydrogen) atoms.